The number of nitrogens with zero attached hydrogens (tertiary/aromatic N) is 1. The van der Waals surface area contributed by atoms with Crippen LogP contribution >= 0.6 is 15.9 Å². The van der Waals surface area contributed by atoms with Gasteiger partial charge in [0.15, 0.2) is 0 Å². The zero-order valence-electron chi connectivity index (χ0n) is 11.5. The van der Waals surface area contributed by atoms with Gasteiger partial charge in [-0.2, -0.15) is 0 Å². The maximum Gasteiger partial charge on any atom is 0.243 e. The maximum atomic E-state index is 14.1. The molecule has 0 radical (unpaired) electrons. The van der Waals surface area contributed by atoms with Crippen LogP contribution in [0, 0.1) is 5.82 Å². The third-order valence-electron chi connectivity index (χ3n) is 3.46. The van der Waals surface area contributed by atoms with E-state index in [-0.39, 0.29) is 12.1 Å². The number of halogens is 2. The molecule has 0 bridgehead atoms. The van der Waals surface area contributed by atoms with Gasteiger partial charge in [0.2, 0.25) is 10.0 Å². The first kappa shape index (κ1) is 16.8. The predicted molar refractivity (Wildman–Crippen MR) is 80.9 cm³/mol. The first-order valence-electron chi connectivity index (χ1n) is 6.75. The molecule has 1 aromatic carbocycles. The molecule has 2 N–H and O–H groups in total. The summed E-state index contributed by atoms with van der Waals surface area (Å²) in [7, 11) is -3.93. The average molecular weight is 381 g/mol. The molecule has 118 valence electrons. The fourth-order valence-electron chi connectivity index (χ4n) is 2.35. The molecule has 0 atom stereocenters. The lowest BCUT2D eigenvalue weighted by Gasteiger charge is -2.15. The van der Waals surface area contributed by atoms with Crippen LogP contribution in [0.25, 0.3) is 0 Å². The number of rotatable bonds is 6. The van der Waals surface area contributed by atoms with Crippen molar-refractivity contribution in [2.24, 2.45) is 0 Å². The van der Waals surface area contributed by atoms with Crippen molar-refractivity contribution in [1.29, 1.82) is 0 Å². The van der Waals surface area contributed by atoms with Gasteiger partial charge in [0.1, 0.15) is 10.7 Å². The quantitative estimate of drug-likeness (QED) is 0.783. The van der Waals surface area contributed by atoms with Gasteiger partial charge in [-0.1, -0.05) is 15.9 Å². The second kappa shape index (κ2) is 7.15. The van der Waals surface area contributed by atoms with E-state index in [9.17, 15) is 12.8 Å². The van der Waals surface area contributed by atoms with Gasteiger partial charge in [0, 0.05) is 23.1 Å². The smallest absolute Gasteiger partial charge is 0.243 e. The molecule has 1 aliphatic rings. The summed E-state index contributed by atoms with van der Waals surface area (Å²) in [5.74, 6) is -0.908. The Morgan fingerprint density at radius 3 is 2.62 bits per heavy atom. The Balaban J connectivity index is 2.09. The van der Waals surface area contributed by atoms with Crippen LogP contribution in [0.1, 0.15) is 18.4 Å². The van der Waals surface area contributed by atoms with Gasteiger partial charge in [0.05, 0.1) is 6.61 Å². The van der Waals surface area contributed by atoms with Gasteiger partial charge in [-0.25, -0.2) is 17.5 Å². The van der Waals surface area contributed by atoms with E-state index in [1.807, 2.05) is 0 Å². The molecule has 0 spiro atoms. The topological polar surface area (TPSA) is 69.6 Å². The van der Waals surface area contributed by atoms with Crippen LogP contribution in [0.3, 0.4) is 0 Å². The lowest BCUT2D eigenvalue weighted by molar-refractivity contribution is 0.274. The van der Waals surface area contributed by atoms with Crippen LogP contribution in [0.15, 0.2) is 21.5 Å². The molecule has 21 heavy (non-hydrogen) atoms. The highest BCUT2D eigenvalue weighted by molar-refractivity contribution is 9.10. The summed E-state index contributed by atoms with van der Waals surface area (Å²) in [5, 5.41) is 9.07. The molecular weight excluding hydrogens is 363 g/mol. The Morgan fingerprint density at radius 1 is 1.33 bits per heavy atom. The number of benzene rings is 1. The largest absolute Gasteiger partial charge is 0.392 e. The summed E-state index contributed by atoms with van der Waals surface area (Å²) in [6, 6.07) is 2.56. The van der Waals surface area contributed by atoms with Crippen LogP contribution in [0.4, 0.5) is 4.39 Å². The molecular formula is C13H18BrFN2O3S. The molecule has 1 heterocycles. The molecule has 0 amide bonds. The van der Waals surface area contributed by atoms with E-state index >= 15 is 0 Å². The van der Waals surface area contributed by atoms with Crippen LogP contribution < -0.4 is 4.72 Å². The van der Waals surface area contributed by atoms with Gasteiger partial charge in [-0.3, -0.25) is 0 Å². The summed E-state index contributed by atoms with van der Waals surface area (Å²) in [4.78, 5) is 1.72. The summed E-state index contributed by atoms with van der Waals surface area (Å²) in [6.45, 7) is 2.25. The number of likely N-dealkylation sites (tertiary alicyclic amines) is 1. The van der Waals surface area contributed by atoms with Crippen molar-refractivity contribution < 1.29 is 17.9 Å². The van der Waals surface area contributed by atoms with Gasteiger partial charge in [-0.05, 0) is 38.1 Å². The van der Waals surface area contributed by atoms with E-state index < -0.39 is 27.3 Å². The minimum Gasteiger partial charge on any atom is -0.392 e. The summed E-state index contributed by atoms with van der Waals surface area (Å²) in [6.07, 6.45) is 2.26. The van der Waals surface area contributed by atoms with Crippen molar-refractivity contribution in [3.63, 3.8) is 0 Å². The molecule has 0 aromatic heterocycles. The minimum atomic E-state index is -3.93. The Bertz CT molecular complexity index is 604. The first-order valence-corrected chi connectivity index (χ1v) is 9.02. The fraction of sp³-hybridized carbons (Fsp3) is 0.538. The van der Waals surface area contributed by atoms with E-state index in [0.29, 0.717) is 11.0 Å². The fourth-order valence-corrected chi connectivity index (χ4v) is 4.17. The Hall–Kier alpha value is -0.540. The number of aliphatic hydroxyl groups is 1. The maximum absolute atomic E-state index is 14.1. The van der Waals surface area contributed by atoms with Crippen molar-refractivity contribution >= 4 is 26.0 Å². The molecule has 1 fully saturated rings. The third kappa shape index (κ3) is 4.23. The number of nitrogens with one attached hydrogen (secondary N) is 1. The first-order chi connectivity index (χ1) is 9.94. The van der Waals surface area contributed by atoms with Gasteiger partial charge < -0.3 is 10.0 Å². The van der Waals surface area contributed by atoms with E-state index in [1.54, 1.807) is 0 Å². The number of aliphatic hydroxyl groups excluding tert-OH is 1. The molecule has 1 saturated heterocycles. The van der Waals surface area contributed by atoms with Gasteiger partial charge >= 0.3 is 0 Å². The van der Waals surface area contributed by atoms with Crippen molar-refractivity contribution in [2.45, 2.75) is 24.3 Å². The normalized spacial score (nSPS) is 16.5. The van der Waals surface area contributed by atoms with E-state index in [1.165, 1.54) is 12.1 Å². The molecule has 1 aliphatic heterocycles. The monoisotopic (exact) mass is 380 g/mol. The predicted octanol–water partition coefficient (Wildman–Crippen LogP) is 1.45. The van der Waals surface area contributed by atoms with Crippen molar-refractivity contribution in [3.8, 4) is 0 Å². The lowest BCUT2D eigenvalue weighted by Crippen LogP contribution is -2.34. The van der Waals surface area contributed by atoms with Crippen LogP contribution in [-0.2, 0) is 16.6 Å². The van der Waals surface area contributed by atoms with Crippen LogP contribution in [-0.4, -0.2) is 44.6 Å². The molecule has 0 saturated carbocycles. The molecule has 0 aliphatic carbocycles. The molecule has 0 unspecified atom stereocenters. The van der Waals surface area contributed by atoms with Crippen molar-refractivity contribution in [2.75, 3.05) is 26.2 Å². The minimum absolute atomic E-state index is 0.0516. The average Bonchev–Trinajstić information content (AvgIpc) is 2.93. The molecule has 8 heteroatoms. The van der Waals surface area contributed by atoms with Gasteiger partial charge in [-0.15, -0.1) is 0 Å². The van der Waals surface area contributed by atoms with Crippen LogP contribution in [0.2, 0.25) is 0 Å². The Morgan fingerprint density at radius 2 is 2.00 bits per heavy atom. The third-order valence-corrected chi connectivity index (χ3v) is 5.38. The van der Waals surface area contributed by atoms with E-state index in [0.717, 1.165) is 25.9 Å². The SMILES string of the molecule is O=S(=O)(NCCN1CCCC1)c1cc(Br)cc(CO)c1F. The Kier molecular flexibility index (Phi) is 5.73. The lowest BCUT2D eigenvalue weighted by atomic mass is 10.2. The molecule has 5 nitrogen and oxygen atoms in total. The van der Waals surface area contributed by atoms with Crippen molar-refractivity contribution in [3.05, 3.63) is 28.0 Å². The zero-order chi connectivity index (χ0) is 15.5. The molecule has 2 rings (SSSR count). The summed E-state index contributed by atoms with van der Waals surface area (Å²) >= 11 is 3.12. The number of sulfonamides is 1. The highest BCUT2D eigenvalue weighted by Crippen LogP contribution is 2.24. The second-order valence-electron chi connectivity index (χ2n) is 4.98. The standard InChI is InChI=1S/C13H18BrFN2O3S/c14-11-7-10(9-18)13(15)12(8-11)21(19,20)16-3-6-17-4-1-2-5-17/h7-8,16,18H,1-6,9H2. The highest BCUT2D eigenvalue weighted by atomic mass is 79.9. The summed E-state index contributed by atoms with van der Waals surface area (Å²) < 4.78 is 41.2. The van der Waals surface area contributed by atoms with E-state index in [4.69, 9.17) is 5.11 Å². The second-order valence-corrected chi connectivity index (χ2v) is 7.63. The van der Waals surface area contributed by atoms with E-state index in [2.05, 4.69) is 25.6 Å². The van der Waals surface area contributed by atoms with Crippen LogP contribution in [0.5, 0.6) is 0 Å². The summed E-state index contributed by atoms with van der Waals surface area (Å²) in [5.41, 5.74) is -0.0516. The van der Waals surface area contributed by atoms with Crippen molar-refractivity contribution in [1.82, 2.24) is 9.62 Å². The zero-order valence-corrected chi connectivity index (χ0v) is 13.9. The molecule has 1 aromatic rings. The van der Waals surface area contributed by atoms with Gasteiger partial charge in [0.25, 0.3) is 0 Å². The highest BCUT2D eigenvalue weighted by Gasteiger charge is 2.22. The number of hydrogen-bond acceptors (Lipinski definition) is 4. The Labute approximate surface area is 132 Å². The number of hydrogen-bond donors (Lipinski definition) is 2.